The fourth-order valence-corrected chi connectivity index (χ4v) is 6.01. The highest BCUT2D eigenvalue weighted by Crippen LogP contribution is 2.25. The van der Waals surface area contributed by atoms with Gasteiger partial charge in [-0.05, 0) is 67.1 Å². The van der Waals surface area contributed by atoms with Crippen LogP contribution in [0.15, 0.2) is 72.8 Å². The third kappa shape index (κ3) is 10.1. The van der Waals surface area contributed by atoms with Crippen molar-refractivity contribution in [1.29, 1.82) is 0 Å². The molecule has 0 saturated heterocycles. The molecule has 0 heterocycles. The first-order chi connectivity index (χ1) is 20.5. The number of unbranched alkanes of at least 4 members (excludes halogenated alkanes) is 1. The summed E-state index contributed by atoms with van der Waals surface area (Å²) in [5.74, 6) is 0.236. The topological polar surface area (TPSA) is 96.0 Å². The highest BCUT2D eigenvalue weighted by molar-refractivity contribution is 7.92. The molecule has 0 aliphatic carbocycles. The lowest BCUT2D eigenvalue weighted by Gasteiger charge is -2.32. The van der Waals surface area contributed by atoms with Crippen LogP contribution in [0.4, 0.5) is 5.69 Å². The Morgan fingerprint density at radius 1 is 0.930 bits per heavy atom. The van der Waals surface area contributed by atoms with Gasteiger partial charge in [-0.1, -0.05) is 67.9 Å². The van der Waals surface area contributed by atoms with Crippen LogP contribution in [0, 0.1) is 13.8 Å². The predicted molar refractivity (Wildman–Crippen MR) is 173 cm³/mol. The number of hydrogen-bond acceptors (Lipinski definition) is 5. The highest BCUT2D eigenvalue weighted by atomic mass is 32.2. The van der Waals surface area contributed by atoms with Crippen LogP contribution in [0.5, 0.6) is 5.75 Å². The molecule has 232 valence electrons. The Bertz CT molecular complexity index is 1460. The average Bonchev–Trinajstić information content (AvgIpc) is 2.98. The number of aryl methyl sites for hydroxylation is 2. The largest absolute Gasteiger partial charge is 0.497 e. The van der Waals surface area contributed by atoms with Crippen molar-refractivity contribution in [2.75, 3.05) is 30.8 Å². The maximum atomic E-state index is 14.0. The highest BCUT2D eigenvalue weighted by Gasteiger charge is 2.30. The molecule has 1 N–H and O–H groups in total. The van der Waals surface area contributed by atoms with Crippen LogP contribution in [0.2, 0.25) is 0 Å². The number of nitrogens with one attached hydrogen (secondary N) is 1. The summed E-state index contributed by atoms with van der Waals surface area (Å²) in [4.78, 5) is 29.3. The molecule has 0 radical (unpaired) electrons. The van der Waals surface area contributed by atoms with Crippen LogP contribution < -0.4 is 14.4 Å². The first-order valence-electron chi connectivity index (χ1n) is 14.8. The zero-order chi connectivity index (χ0) is 31.4. The SMILES string of the molecule is CCCCNC(=O)[C@H](Cc1ccccc1)N(Cc1cccc(OC)c1)C(=O)CCCN(c1cc(C)ccc1C)S(C)(=O)=O. The number of rotatable bonds is 16. The van der Waals surface area contributed by atoms with E-state index < -0.39 is 16.1 Å². The molecule has 43 heavy (non-hydrogen) atoms. The molecule has 0 unspecified atom stereocenters. The normalized spacial score (nSPS) is 11.9. The molecule has 0 aliphatic rings. The zero-order valence-electron chi connectivity index (χ0n) is 26.0. The van der Waals surface area contributed by atoms with Gasteiger partial charge in [-0.25, -0.2) is 8.42 Å². The molecule has 0 spiro atoms. The van der Waals surface area contributed by atoms with E-state index in [0.717, 1.165) is 35.1 Å². The molecule has 1 atom stereocenters. The van der Waals surface area contributed by atoms with E-state index in [1.165, 1.54) is 10.6 Å². The van der Waals surface area contributed by atoms with E-state index in [-0.39, 0.29) is 31.3 Å². The first-order valence-corrected chi connectivity index (χ1v) is 16.7. The number of hydrogen-bond donors (Lipinski definition) is 1. The molecule has 0 bridgehead atoms. The Hall–Kier alpha value is -3.85. The van der Waals surface area contributed by atoms with Gasteiger partial charge in [-0.15, -0.1) is 0 Å². The standard InChI is InChI=1S/C34H45N3O5S/c1-6-7-20-35-34(39)32(24-28-13-9-8-10-14-28)36(25-29-15-11-16-30(23-29)42-4)33(38)17-12-21-37(43(5,40)41)31-22-26(2)18-19-27(31)3/h8-11,13-16,18-19,22-23,32H,6-7,12,17,20-21,24-25H2,1-5H3,(H,35,39)/t32-/m0/s1. The second-order valence-electron chi connectivity index (χ2n) is 11.0. The maximum absolute atomic E-state index is 14.0. The monoisotopic (exact) mass is 607 g/mol. The summed E-state index contributed by atoms with van der Waals surface area (Å²) in [5.41, 5.74) is 4.18. The number of methoxy groups -OCH3 is 1. The summed E-state index contributed by atoms with van der Waals surface area (Å²) in [6.07, 6.45) is 3.69. The fourth-order valence-electron chi connectivity index (χ4n) is 5.00. The molecule has 3 rings (SSSR count). The van der Waals surface area contributed by atoms with Gasteiger partial charge in [0.2, 0.25) is 21.8 Å². The van der Waals surface area contributed by atoms with Crippen molar-refractivity contribution in [2.45, 2.75) is 65.5 Å². The second-order valence-corrected chi connectivity index (χ2v) is 12.9. The Labute approximate surface area is 257 Å². The van der Waals surface area contributed by atoms with Gasteiger partial charge >= 0.3 is 0 Å². The summed E-state index contributed by atoms with van der Waals surface area (Å²) < 4.78 is 32.4. The minimum absolute atomic E-state index is 0.0778. The lowest BCUT2D eigenvalue weighted by atomic mass is 10.0. The predicted octanol–water partition coefficient (Wildman–Crippen LogP) is 5.41. The summed E-state index contributed by atoms with van der Waals surface area (Å²) in [5, 5.41) is 3.03. The number of sulfonamides is 1. The molecule has 3 aromatic carbocycles. The van der Waals surface area contributed by atoms with Gasteiger partial charge in [0.1, 0.15) is 11.8 Å². The van der Waals surface area contributed by atoms with Crippen LogP contribution in [-0.2, 0) is 32.6 Å². The number of carbonyl (C=O) groups excluding carboxylic acids is 2. The third-order valence-electron chi connectivity index (χ3n) is 7.37. The van der Waals surface area contributed by atoms with Gasteiger partial charge in [0, 0.05) is 32.5 Å². The van der Waals surface area contributed by atoms with E-state index in [2.05, 4.69) is 12.2 Å². The van der Waals surface area contributed by atoms with E-state index in [1.54, 1.807) is 12.0 Å². The Morgan fingerprint density at radius 2 is 1.65 bits per heavy atom. The lowest BCUT2D eigenvalue weighted by Crippen LogP contribution is -2.50. The van der Waals surface area contributed by atoms with E-state index in [9.17, 15) is 18.0 Å². The van der Waals surface area contributed by atoms with Gasteiger partial charge in [-0.3, -0.25) is 13.9 Å². The first kappa shape index (κ1) is 33.6. The summed E-state index contributed by atoms with van der Waals surface area (Å²) in [6.45, 7) is 6.74. The molecule has 0 aliphatic heterocycles. The van der Waals surface area contributed by atoms with Gasteiger partial charge in [0.25, 0.3) is 0 Å². The van der Waals surface area contributed by atoms with Crippen LogP contribution in [0.3, 0.4) is 0 Å². The van der Waals surface area contributed by atoms with Crippen molar-refractivity contribution in [1.82, 2.24) is 10.2 Å². The molecule has 3 aromatic rings. The molecule has 9 heteroatoms. The minimum Gasteiger partial charge on any atom is -0.497 e. The van der Waals surface area contributed by atoms with Crippen LogP contribution in [-0.4, -0.2) is 57.6 Å². The summed E-state index contributed by atoms with van der Waals surface area (Å²) in [7, 11) is -2.00. The fraction of sp³-hybridized carbons (Fsp3) is 0.412. The minimum atomic E-state index is -3.58. The summed E-state index contributed by atoms with van der Waals surface area (Å²) >= 11 is 0. The quantitative estimate of drug-likeness (QED) is 0.220. The zero-order valence-corrected chi connectivity index (χ0v) is 26.8. The molecule has 8 nitrogen and oxygen atoms in total. The summed E-state index contributed by atoms with van der Waals surface area (Å²) in [6, 6.07) is 22.1. The number of benzene rings is 3. The Morgan fingerprint density at radius 3 is 2.33 bits per heavy atom. The number of ether oxygens (including phenoxy) is 1. The molecule has 2 amide bonds. The second kappa shape index (κ2) is 16.1. The van der Waals surface area contributed by atoms with Gasteiger partial charge < -0.3 is 15.0 Å². The maximum Gasteiger partial charge on any atom is 0.243 e. The average molecular weight is 608 g/mol. The van der Waals surface area contributed by atoms with Crippen molar-refractivity contribution >= 4 is 27.5 Å². The van der Waals surface area contributed by atoms with Crippen LogP contribution in [0.1, 0.15) is 54.9 Å². The van der Waals surface area contributed by atoms with E-state index in [4.69, 9.17) is 4.74 Å². The molecule has 0 aromatic heterocycles. The number of anilines is 1. The van der Waals surface area contributed by atoms with Crippen molar-refractivity contribution in [2.24, 2.45) is 0 Å². The molecular weight excluding hydrogens is 562 g/mol. The van der Waals surface area contributed by atoms with Crippen molar-refractivity contribution in [3.63, 3.8) is 0 Å². The van der Waals surface area contributed by atoms with Crippen molar-refractivity contribution in [3.8, 4) is 5.75 Å². The number of amides is 2. The van der Waals surface area contributed by atoms with Crippen LogP contribution in [0.25, 0.3) is 0 Å². The number of carbonyl (C=O) groups is 2. The molecule has 0 saturated carbocycles. The number of nitrogens with zero attached hydrogens (tertiary/aromatic N) is 2. The molecule has 0 fully saturated rings. The van der Waals surface area contributed by atoms with E-state index >= 15 is 0 Å². The smallest absolute Gasteiger partial charge is 0.243 e. The van der Waals surface area contributed by atoms with Crippen molar-refractivity contribution < 1.29 is 22.7 Å². The molecular formula is C34H45N3O5S. The Kier molecular flexibility index (Phi) is 12.6. The van der Waals surface area contributed by atoms with Gasteiger partial charge in [0.05, 0.1) is 19.1 Å². The lowest BCUT2D eigenvalue weighted by molar-refractivity contribution is -0.141. The Balaban J connectivity index is 1.91. The van der Waals surface area contributed by atoms with Gasteiger partial charge in [-0.2, -0.15) is 0 Å². The third-order valence-corrected chi connectivity index (χ3v) is 8.55. The van der Waals surface area contributed by atoms with E-state index in [1.807, 2.05) is 86.6 Å². The van der Waals surface area contributed by atoms with Crippen LogP contribution >= 0.6 is 0 Å². The van der Waals surface area contributed by atoms with Crippen molar-refractivity contribution in [3.05, 3.63) is 95.1 Å². The van der Waals surface area contributed by atoms with Gasteiger partial charge in [0.15, 0.2) is 0 Å². The van der Waals surface area contributed by atoms with E-state index in [0.29, 0.717) is 30.8 Å².